The van der Waals surface area contributed by atoms with Crippen LogP contribution in [0.3, 0.4) is 0 Å². The zero-order chi connectivity index (χ0) is 66.8. The number of carbonyl (C=O) groups excluding carboxylic acids is 3. The predicted molar refractivity (Wildman–Crippen MR) is 368 cm³/mol. The van der Waals surface area contributed by atoms with Crippen LogP contribution in [-0.4, -0.2) is 68.7 Å². The van der Waals surface area contributed by atoms with Crippen molar-refractivity contribution >= 4 is 35.2 Å². The zero-order valence-electron chi connectivity index (χ0n) is 51.3. The minimum absolute atomic E-state index is 0. The Bertz CT molecular complexity index is 4410. The molecule has 2 amide bonds. The van der Waals surface area contributed by atoms with E-state index in [2.05, 4.69) is 35.8 Å². The molecule has 4 heterocycles. The van der Waals surface area contributed by atoms with E-state index in [0.29, 0.717) is 70.9 Å². The van der Waals surface area contributed by atoms with Gasteiger partial charge in [0.2, 0.25) is 11.8 Å². The summed E-state index contributed by atoms with van der Waals surface area (Å²) in [4.78, 5) is 75.3. The number of nitrogens with zero attached hydrogens (tertiary/aromatic N) is 6. The van der Waals surface area contributed by atoms with Crippen molar-refractivity contribution in [2.45, 2.75) is 59.1 Å². The van der Waals surface area contributed by atoms with Gasteiger partial charge in [-0.15, -0.1) is 22.1 Å². The molecule has 1 atom stereocenters. The van der Waals surface area contributed by atoms with Gasteiger partial charge in [-0.1, -0.05) is 215 Å². The maximum Gasteiger partial charge on any atom is 0.399 e. The normalized spacial score (nSPS) is 12.6. The zero-order valence-corrected chi connectivity index (χ0v) is 51.3. The Hall–Kier alpha value is -12.8. The van der Waals surface area contributed by atoms with E-state index < -0.39 is 11.7 Å². The molecule has 20 heteroatoms. The highest BCUT2D eigenvalue weighted by Crippen LogP contribution is 2.34. The third-order valence-corrected chi connectivity index (χ3v) is 15.0. The highest BCUT2D eigenvalue weighted by Gasteiger charge is 2.54. The standard InChI is InChI=1S/C26H21N3O5.2C25H21N3O3.2CH4/c30-20-10-6-18(7-11-20)15-26(25(32)33-34-26)29-24-22(14-17-4-2-1-3-5-17)28-23(16-27-24)19-8-12-21(31)13-9-19;2*29-20-10-6-18(7-11-20)15-24(31)28-25-22(14-17-4-2-1-3-5-17)27-23(16-26-25)19-8-12-21(30)13-9-19;;/h1-13,16,30-31H,14-15H2,(H,27,29);2*1-13,16,29-30H,14-15H2,(H,26,28,31);2*1H4/p-3. The van der Waals surface area contributed by atoms with Gasteiger partial charge in [-0.25, -0.2) is 34.7 Å². The molecular formula is C78H68N9O11-3. The Kier molecular flexibility index (Phi) is 23.3. The second-order valence-corrected chi connectivity index (χ2v) is 22.2. The Labute approximate surface area is 566 Å². The van der Waals surface area contributed by atoms with Crippen molar-refractivity contribution in [2.75, 3.05) is 16.0 Å². The number of phenols is 3. The third kappa shape index (κ3) is 19.0. The lowest BCUT2D eigenvalue weighted by molar-refractivity contribution is -0.393. The van der Waals surface area contributed by atoms with Gasteiger partial charge in [-0.05, 0) is 69.8 Å². The van der Waals surface area contributed by atoms with Gasteiger partial charge in [0.05, 0.1) is 65.6 Å². The Morgan fingerprint density at radius 1 is 0.388 bits per heavy atom. The van der Waals surface area contributed by atoms with E-state index in [1.54, 1.807) is 116 Å². The molecule has 1 aliphatic heterocycles. The lowest BCUT2D eigenvalue weighted by atomic mass is 10.0. The van der Waals surface area contributed by atoms with Crippen molar-refractivity contribution in [3.05, 3.63) is 306 Å². The first-order valence-electron chi connectivity index (χ1n) is 30.3. The summed E-state index contributed by atoms with van der Waals surface area (Å²) in [6.07, 6.45) is 6.66. The van der Waals surface area contributed by atoms with Crippen LogP contribution >= 0.6 is 0 Å². The Balaban J connectivity index is 0.000000171. The Morgan fingerprint density at radius 2 is 0.694 bits per heavy atom. The summed E-state index contributed by atoms with van der Waals surface area (Å²) in [7, 11) is 0. The number of carbonyl (C=O) groups is 3. The van der Waals surface area contributed by atoms with Crippen molar-refractivity contribution in [1.82, 2.24) is 29.9 Å². The van der Waals surface area contributed by atoms with E-state index in [4.69, 9.17) is 19.8 Å². The van der Waals surface area contributed by atoms with E-state index in [0.717, 1.165) is 50.1 Å². The number of phenolic OH excluding ortho intramolecular Hbond substituents is 3. The molecule has 1 saturated heterocycles. The van der Waals surface area contributed by atoms with Crippen LogP contribution in [-0.2, 0) is 62.7 Å². The van der Waals surface area contributed by atoms with E-state index >= 15 is 0 Å². The highest BCUT2D eigenvalue weighted by molar-refractivity contribution is 5.93. The van der Waals surface area contributed by atoms with Gasteiger partial charge in [0.1, 0.15) is 17.2 Å². The largest absolute Gasteiger partial charge is 0.872 e. The van der Waals surface area contributed by atoms with Crippen molar-refractivity contribution in [3.8, 4) is 68.3 Å². The second kappa shape index (κ2) is 32.8. The average Bonchev–Trinajstić information content (AvgIpc) is 0.762. The Morgan fingerprint density at radius 3 is 1.00 bits per heavy atom. The number of hydrogen-bond acceptors (Lipinski definition) is 18. The summed E-state index contributed by atoms with van der Waals surface area (Å²) in [6.45, 7) is 0. The molecule has 1 fully saturated rings. The molecule has 0 aliphatic carbocycles. The number of aromatic hydroxyl groups is 3. The lowest BCUT2D eigenvalue weighted by Crippen LogP contribution is -2.60. The first kappa shape index (κ1) is 69.5. The van der Waals surface area contributed by atoms with Crippen LogP contribution in [0.15, 0.2) is 255 Å². The topological polar surface area (TPSA) is 313 Å². The number of amides is 2. The fraction of sp³-hybridized carbons (Fsp3) is 0.115. The summed E-state index contributed by atoms with van der Waals surface area (Å²) >= 11 is 0. The molecular weight excluding hydrogens is 1240 g/mol. The maximum absolute atomic E-state index is 12.6. The molecule has 9 aromatic carbocycles. The molecule has 13 rings (SSSR count). The van der Waals surface area contributed by atoms with Crippen LogP contribution in [0.1, 0.15) is 65.3 Å². The van der Waals surface area contributed by atoms with Gasteiger partial charge < -0.3 is 46.6 Å². The number of rotatable bonds is 19. The summed E-state index contributed by atoms with van der Waals surface area (Å²) < 4.78 is 0. The predicted octanol–water partition coefficient (Wildman–Crippen LogP) is 12.0. The summed E-state index contributed by atoms with van der Waals surface area (Å²) in [5.74, 6) is 0.354. The van der Waals surface area contributed by atoms with Crippen molar-refractivity contribution in [1.29, 1.82) is 0 Å². The molecule has 0 bridgehead atoms. The SMILES string of the molecule is C.C.O=C(Cc1ccc(O)cc1)Nc1ncc(-c2ccc([O-])cc2)nc1Cc1ccccc1.O=C(Cc1ccc(O)cc1)Nc1ncc(-c2ccc([O-])cc2)nc1Cc1ccccc1.O=C1OOC1(Cc1ccc(O)cc1)Nc1ncc(-c2ccc([O-])cc2)nc1Cc1ccccc1. The average molecular weight is 1310 g/mol. The van der Waals surface area contributed by atoms with E-state index in [1.807, 2.05) is 91.0 Å². The van der Waals surface area contributed by atoms with Gasteiger partial charge in [-0.2, -0.15) is 0 Å². The monoisotopic (exact) mass is 1310 g/mol. The van der Waals surface area contributed by atoms with Crippen LogP contribution in [0.2, 0.25) is 0 Å². The summed E-state index contributed by atoms with van der Waals surface area (Å²) in [5.41, 5.74) is 9.98. The highest BCUT2D eigenvalue weighted by atomic mass is 17.3. The minimum atomic E-state index is -1.47. The van der Waals surface area contributed by atoms with E-state index in [1.165, 1.54) is 48.5 Å². The van der Waals surface area contributed by atoms with Crippen LogP contribution in [0.25, 0.3) is 33.8 Å². The molecule has 1 unspecified atom stereocenters. The molecule has 0 radical (unpaired) electrons. The number of nitrogens with one attached hydrogen (secondary N) is 3. The molecule has 0 saturated carbocycles. The molecule has 98 heavy (non-hydrogen) atoms. The van der Waals surface area contributed by atoms with Crippen molar-refractivity contribution in [2.24, 2.45) is 0 Å². The van der Waals surface area contributed by atoms with Gasteiger partial charge >= 0.3 is 5.97 Å². The van der Waals surface area contributed by atoms with Gasteiger partial charge in [-0.3, -0.25) is 14.5 Å². The first-order chi connectivity index (χ1) is 46.6. The molecule has 494 valence electrons. The van der Waals surface area contributed by atoms with Gasteiger partial charge in [0, 0.05) is 42.4 Å². The van der Waals surface area contributed by atoms with Crippen LogP contribution in [0.5, 0.6) is 34.5 Å². The number of hydrogen-bond donors (Lipinski definition) is 6. The molecule has 20 nitrogen and oxygen atoms in total. The smallest absolute Gasteiger partial charge is 0.399 e. The molecule has 12 aromatic rings. The van der Waals surface area contributed by atoms with E-state index in [-0.39, 0.29) is 80.4 Å². The third-order valence-electron chi connectivity index (χ3n) is 15.0. The fourth-order valence-electron chi connectivity index (χ4n) is 10.1. The van der Waals surface area contributed by atoms with Crippen LogP contribution in [0, 0.1) is 0 Å². The molecule has 0 spiro atoms. The number of benzene rings is 9. The quantitative estimate of drug-likeness (QED) is 0.0410. The van der Waals surface area contributed by atoms with Crippen molar-refractivity contribution < 1.29 is 54.8 Å². The maximum atomic E-state index is 12.6. The molecule has 6 N–H and O–H groups in total. The minimum Gasteiger partial charge on any atom is -0.872 e. The van der Waals surface area contributed by atoms with Crippen molar-refractivity contribution in [3.63, 3.8) is 0 Å². The second-order valence-electron chi connectivity index (χ2n) is 22.2. The van der Waals surface area contributed by atoms with Gasteiger partial charge in [0.15, 0.2) is 17.5 Å². The molecule has 3 aromatic heterocycles. The van der Waals surface area contributed by atoms with Crippen LogP contribution in [0.4, 0.5) is 17.5 Å². The van der Waals surface area contributed by atoms with E-state index in [9.17, 15) is 45.0 Å². The summed E-state index contributed by atoms with van der Waals surface area (Å²) in [5, 5.41) is 71.5. The fourth-order valence-corrected chi connectivity index (χ4v) is 10.1. The first-order valence-corrected chi connectivity index (χ1v) is 30.3. The van der Waals surface area contributed by atoms with Crippen LogP contribution < -0.4 is 31.3 Å². The molecule has 1 aliphatic rings. The summed E-state index contributed by atoms with van der Waals surface area (Å²) in [6, 6.07) is 68.0. The number of aromatic nitrogens is 6. The van der Waals surface area contributed by atoms with Gasteiger partial charge in [0.25, 0.3) is 5.72 Å². The number of anilines is 3. The lowest BCUT2D eigenvalue weighted by Gasteiger charge is -2.37.